The second-order valence-corrected chi connectivity index (χ2v) is 9.54. The van der Waals surface area contributed by atoms with Crippen molar-refractivity contribution < 1.29 is 27.5 Å². The molecule has 0 radical (unpaired) electrons. The third-order valence-electron chi connectivity index (χ3n) is 6.64. The van der Waals surface area contributed by atoms with Crippen LogP contribution in [0.25, 0.3) is 22.3 Å². The highest BCUT2D eigenvalue weighted by Gasteiger charge is 2.31. The lowest BCUT2D eigenvalue weighted by atomic mass is 10.0. The number of benzene rings is 3. The van der Waals surface area contributed by atoms with Gasteiger partial charge in [-0.05, 0) is 72.6 Å². The topological polar surface area (TPSA) is 86.1 Å². The molecule has 0 fully saturated rings. The van der Waals surface area contributed by atoms with Gasteiger partial charge < -0.3 is 10.1 Å². The number of fused-ring (bicyclic) bond motifs is 1. The molecule has 0 saturated carbocycles. The normalized spacial score (nSPS) is 11.5. The third kappa shape index (κ3) is 5.81. The summed E-state index contributed by atoms with van der Waals surface area (Å²) in [4.78, 5) is 30.0. The summed E-state index contributed by atoms with van der Waals surface area (Å²) in [7, 11) is 1.59. The first kappa shape index (κ1) is 27.6. The Labute approximate surface area is 233 Å². The van der Waals surface area contributed by atoms with E-state index in [9.17, 15) is 22.8 Å². The molecule has 0 aliphatic rings. The van der Waals surface area contributed by atoms with Crippen molar-refractivity contribution in [2.24, 2.45) is 0 Å². The molecular formula is C31H25F3N4O3. The molecule has 0 aliphatic carbocycles. The van der Waals surface area contributed by atoms with Crippen molar-refractivity contribution in [2.45, 2.75) is 26.6 Å². The van der Waals surface area contributed by atoms with E-state index in [1.807, 2.05) is 31.2 Å². The van der Waals surface area contributed by atoms with E-state index in [0.29, 0.717) is 40.2 Å². The molecule has 1 amide bonds. The van der Waals surface area contributed by atoms with Crippen LogP contribution in [-0.2, 0) is 12.7 Å². The summed E-state index contributed by atoms with van der Waals surface area (Å²) < 4.78 is 46.2. The van der Waals surface area contributed by atoms with Crippen molar-refractivity contribution in [1.29, 1.82) is 0 Å². The van der Waals surface area contributed by atoms with Gasteiger partial charge in [0.2, 0.25) is 0 Å². The number of aromatic nitrogens is 3. The molecule has 208 valence electrons. The number of ketones is 1. The van der Waals surface area contributed by atoms with Crippen LogP contribution < -0.4 is 10.1 Å². The van der Waals surface area contributed by atoms with Crippen LogP contribution >= 0.6 is 0 Å². The average Bonchev–Trinajstić information content (AvgIpc) is 3.32. The molecule has 41 heavy (non-hydrogen) atoms. The maximum absolute atomic E-state index is 13.1. The van der Waals surface area contributed by atoms with E-state index >= 15 is 0 Å². The number of amides is 1. The second-order valence-electron chi connectivity index (χ2n) is 9.54. The van der Waals surface area contributed by atoms with Crippen molar-refractivity contribution >= 4 is 28.4 Å². The lowest BCUT2D eigenvalue weighted by molar-refractivity contribution is -0.137. The highest BCUT2D eigenvalue weighted by atomic mass is 19.4. The third-order valence-corrected chi connectivity index (χ3v) is 6.64. The first-order chi connectivity index (χ1) is 19.5. The van der Waals surface area contributed by atoms with Gasteiger partial charge in [-0.2, -0.15) is 18.3 Å². The highest BCUT2D eigenvalue weighted by Crippen LogP contribution is 2.31. The van der Waals surface area contributed by atoms with Gasteiger partial charge >= 0.3 is 6.18 Å². The number of rotatable bonds is 7. The molecule has 0 aliphatic heterocycles. The number of aryl methyl sites for hydroxylation is 1. The van der Waals surface area contributed by atoms with Gasteiger partial charge in [-0.3, -0.25) is 9.59 Å². The molecule has 1 N–H and O–H groups in total. The zero-order valence-electron chi connectivity index (χ0n) is 22.4. The van der Waals surface area contributed by atoms with Gasteiger partial charge in [-0.25, -0.2) is 9.67 Å². The number of anilines is 1. The van der Waals surface area contributed by atoms with Crippen LogP contribution in [0.15, 0.2) is 78.9 Å². The van der Waals surface area contributed by atoms with Crippen molar-refractivity contribution in [3.8, 4) is 17.0 Å². The lowest BCUT2D eigenvalue weighted by Gasteiger charge is -2.12. The van der Waals surface area contributed by atoms with Gasteiger partial charge in [0.1, 0.15) is 11.4 Å². The molecule has 7 nitrogen and oxygen atoms in total. The van der Waals surface area contributed by atoms with Crippen LogP contribution in [0.4, 0.5) is 18.9 Å². The Hall–Kier alpha value is -4.99. The van der Waals surface area contributed by atoms with Crippen molar-refractivity contribution in [2.75, 3.05) is 12.4 Å². The Morgan fingerprint density at radius 3 is 2.41 bits per heavy atom. The fourth-order valence-electron chi connectivity index (χ4n) is 4.49. The summed E-state index contributed by atoms with van der Waals surface area (Å²) in [5.41, 5.74) is 3.30. The number of carbonyl (C=O) groups excluding carboxylic acids is 2. The van der Waals surface area contributed by atoms with Gasteiger partial charge in [-0.1, -0.05) is 24.3 Å². The van der Waals surface area contributed by atoms with E-state index in [1.165, 1.54) is 19.1 Å². The molecule has 2 heterocycles. The predicted molar refractivity (Wildman–Crippen MR) is 149 cm³/mol. The van der Waals surface area contributed by atoms with Crippen molar-refractivity contribution in [1.82, 2.24) is 14.8 Å². The van der Waals surface area contributed by atoms with Gasteiger partial charge in [0.15, 0.2) is 11.4 Å². The Kier molecular flexibility index (Phi) is 7.32. The minimum atomic E-state index is -4.56. The molecule has 5 rings (SSSR count). The number of nitrogens with one attached hydrogen (secondary N) is 1. The molecule has 2 aromatic heterocycles. The van der Waals surface area contributed by atoms with Crippen LogP contribution in [0.5, 0.6) is 5.75 Å². The van der Waals surface area contributed by atoms with Crippen LogP contribution in [0.2, 0.25) is 0 Å². The average molecular weight is 559 g/mol. The highest BCUT2D eigenvalue weighted by molar-refractivity contribution is 6.05. The second kappa shape index (κ2) is 10.9. The standard InChI is InChI=1S/C31H25F3N4O3/c1-18-7-10-23(35-30(40)21-5-4-6-22(15-21)31(32,33)34)16-26(18)27-14-13-25-28(19(2)39)37-38(29(25)36-27)17-20-8-11-24(41-3)12-9-20/h4-16H,17H2,1-3H3,(H,35,40). The molecule has 3 aromatic carbocycles. The van der Waals surface area contributed by atoms with Gasteiger partial charge in [-0.15, -0.1) is 0 Å². The first-order valence-electron chi connectivity index (χ1n) is 12.6. The lowest BCUT2D eigenvalue weighted by Crippen LogP contribution is -2.14. The number of nitrogens with zero attached hydrogens (tertiary/aromatic N) is 3. The molecule has 0 unspecified atom stereocenters. The number of hydrogen-bond donors (Lipinski definition) is 1. The number of Topliss-reactive ketones (excluding diaryl/α,β-unsaturated/α-hetero) is 1. The molecular weight excluding hydrogens is 533 g/mol. The quantitative estimate of drug-likeness (QED) is 0.219. The number of methoxy groups -OCH3 is 1. The van der Waals surface area contributed by atoms with Gasteiger partial charge in [0, 0.05) is 23.7 Å². The summed E-state index contributed by atoms with van der Waals surface area (Å²) >= 11 is 0. The maximum Gasteiger partial charge on any atom is 0.416 e. The minimum absolute atomic E-state index is 0.110. The summed E-state index contributed by atoms with van der Waals surface area (Å²) in [6, 6.07) is 20.5. The van der Waals surface area contributed by atoms with E-state index in [4.69, 9.17) is 9.72 Å². The van der Waals surface area contributed by atoms with Crippen molar-refractivity contribution in [3.05, 3.63) is 107 Å². The van der Waals surface area contributed by atoms with E-state index in [-0.39, 0.29) is 11.3 Å². The first-order valence-corrected chi connectivity index (χ1v) is 12.6. The van der Waals surface area contributed by atoms with E-state index in [0.717, 1.165) is 29.0 Å². The van der Waals surface area contributed by atoms with Crippen LogP contribution in [-0.4, -0.2) is 33.6 Å². The van der Waals surface area contributed by atoms with Crippen LogP contribution in [0, 0.1) is 6.92 Å². The smallest absolute Gasteiger partial charge is 0.416 e. The monoisotopic (exact) mass is 558 g/mol. The number of hydrogen-bond acceptors (Lipinski definition) is 5. The molecule has 0 spiro atoms. The van der Waals surface area contributed by atoms with E-state index < -0.39 is 17.6 Å². The summed E-state index contributed by atoms with van der Waals surface area (Å²) in [6.45, 7) is 3.71. The zero-order valence-corrected chi connectivity index (χ0v) is 22.4. The molecule has 0 atom stereocenters. The van der Waals surface area contributed by atoms with Gasteiger partial charge in [0.25, 0.3) is 5.91 Å². The minimum Gasteiger partial charge on any atom is -0.497 e. The molecule has 0 saturated heterocycles. The number of carbonyl (C=O) groups is 2. The summed E-state index contributed by atoms with van der Waals surface area (Å²) in [5.74, 6) is -0.133. The van der Waals surface area contributed by atoms with Crippen LogP contribution in [0.1, 0.15) is 44.5 Å². The summed E-state index contributed by atoms with van der Waals surface area (Å²) in [5, 5.41) is 7.82. The zero-order chi connectivity index (χ0) is 29.3. The number of halogens is 3. The predicted octanol–water partition coefficient (Wildman–Crippen LogP) is 6.94. The SMILES string of the molecule is COc1ccc(Cn2nc(C(C)=O)c3ccc(-c4cc(NC(=O)c5cccc(C(F)(F)F)c5)ccc4C)nc32)cc1. The fourth-order valence-corrected chi connectivity index (χ4v) is 4.49. The Morgan fingerprint density at radius 1 is 0.976 bits per heavy atom. The molecule has 10 heteroatoms. The van der Waals surface area contributed by atoms with E-state index in [2.05, 4.69) is 10.4 Å². The maximum atomic E-state index is 13.1. The summed E-state index contributed by atoms with van der Waals surface area (Å²) in [6.07, 6.45) is -4.56. The fraction of sp³-hybridized carbons (Fsp3) is 0.161. The molecule has 0 bridgehead atoms. The number of alkyl halides is 3. The van der Waals surface area contributed by atoms with Gasteiger partial charge in [0.05, 0.1) is 30.3 Å². The number of ether oxygens (including phenoxy) is 1. The Balaban J connectivity index is 1.49. The Morgan fingerprint density at radius 2 is 1.73 bits per heavy atom. The van der Waals surface area contributed by atoms with Crippen molar-refractivity contribution in [3.63, 3.8) is 0 Å². The number of pyridine rings is 1. The van der Waals surface area contributed by atoms with E-state index in [1.54, 1.807) is 42.1 Å². The largest absolute Gasteiger partial charge is 0.497 e. The Bertz CT molecular complexity index is 1780. The molecule has 5 aromatic rings. The van der Waals surface area contributed by atoms with Crippen LogP contribution in [0.3, 0.4) is 0 Å².